The molecule has 0 radical (unpaired) electrons. The summed E-state index contributed by atoms with van der Waals surface area (Å²) >= 11 is 0. The lowest BCUT2D eigenvalue weighted by atomic mass is 10.0. The van der Waals surface area contributed by atoms with Crippen LogP contribution >= 0.6 is 0 Å². The first-order valence-corrected chi connectivity index (χ1v) is 7.78. The van der Waals surface area contributed by atoms with Crippen molar-refractivity contribution in [2.75, 3.05) is 0 Å². The molecule has 2 aromatic heterocycles. The van der Waals surface area contributed by atoms with Crippen LogP contribution < -0.4 is 0 Å². The fraction of sp³-hybridized carbons (Fsp3) is 0.150. The molecule has 0 amide bonds. The van der Waals surface area contributed by atoms with E-state index < -0.39 is 0 Å². The van der Waals surface area contributed by atoms with Gasteiger partial charge in [-0.2, -0.15) is 0 Å². The molecule has 0 unspecified atom stereocenters. The van der Waals surface area contributed by atoms with E-state index in [9.17, 15) is 0 Å². The van der Waals surface area contributed by atoms with Crippen molar-refractivity contribution in [3.05, 3.63) is 77.5 Å². The van der Waals surface area contributed by atoms with Crippen LogP contribution in [0.3, 0.4) is 0 Å². The fourth-order valence-corrected chi connectivity index (χ4v) is 3.12. The lowest BCUT2D eigenvalue weighted by Gasteiger charge is -2.08. The molecule has 0 aliphatic carbocycles. The molecule has 0 bridgehead atoms. The molecule has 0 spiro atoms. The number of hydrogen-bond acceptors (Lipinski definition) is 1. The van der Waals surface area contributed by atoms with Crippen molar-refractivity contribution < 1.29 is 0 Å². The smallest absolute Gasteiger partial charge is 0.138 e. The lowest BCUT2D eigenvalue weighted by Crippen LogP contribution is -1.98. The molecule has 0 fully saturated rings. The maximum Gasteiger partial charge on any atom is 0.138 e. The van der Waals surface area contributed by atoms with Crippen molar-refractivity contribution in [2.24, 2.45) is 0 Å². The zero-order valence-corrected chi connectivity index (χ0v) is 12.6. The molecule has 0 aliphatic heterocycles. The van der Waals surface area contributed by atoms with E-state index in [-0.39, 0.29) is 0 Å². The zero-order chi connectivity index (χ0) is 14.9. The number of nitrogens with one attached hydrogen (secondary N) is 1. The van der Waals surface area contributed by atoms with Gasteiger partial charge in [0.2, 0.25) is 0 Å². The molecule has 108 valence electrons. The number of aromatic nitrogens is 2. The van der Waals surface area contributed by atoms with Gasteiger partial charge in [-0.05, 0) is 36.1 Å². The van der Waals surface area contributed by atoms with Crippen LogP contribution in [0.1, 0.15) is 23.7 Å². The Kier molecular flexibility index (Phi) is 3.15. The van der Waals surface area contributed by atoms with Gasteiger partial charge < -0.3 is 4.98 Å². The number of aryl methyl sites for hydroxylation is 1. The minimum atomic E-state index is 0.937. The van der Waals surface area contributed by atoms with E-state index in [0.717, 1.165) is 24.0 Å². The first kappa shape index (κ1) is 13.1. The summed E-state index contributed by atoms with van der Waals surface area (Å²) in [6.45, 7) is 2.17. The molecule has 0 saturated heterocycles. The Hall–Kier alpha value is -2.61. The van der Waals surface area contributed by atoms with Gasteiger partial charge in [-0.15, -0.1) is 0 Å². The van der Waals surface area contributed by atoms with Gasteiger partial charge >= 0.3 is 0 Å². The molecule has 1 N–H and O–H groups in total. The molecular formula is C20H18N2. The average Bonchev–Trinajstić information content (AvgIpc) is 2.93. The summed E-state index contributed by atoms with van der Waals surface area (Å²) < 4.78 is 0. The highest BCUT2D eigenvalue weighted by atomic mass is 14.9. The average molecular weight is 286 g/mol. The van der Waals surface area contributed by atoms with Gasteiger partial charge in [0.1, 0.15) is 5.65 Å². The number of hydrogen-bond donors (Lipinski definition) is 1. The van der Waals surface area contributed by atoms with Gasteiger partial charge in [-0.1, -0.05) is 55.5 Å². The first-order chi connectivity index (χ1) is 10.8. The number of rotatable bonds is 3. The number of fused-ring (bicyclic) bond motifs is 3. The molecule has 22 heavy (non-hydrogen) atoms. The van der Waals surface area contributed by atoms with E-state index in [1.165, 1.54) is 27.6 Å². The number of aromatic amines is 1. The Balaban J connectivity index is 1.90. The molecule has 0 saturated carbocycles. The molecule has 2 heteroatoms. The minimum absolute atomic E-state index is 0.937. The summed E-state index contributed by atoms with van der Waals surface area (Å²) in [6, 6.07) is 21.3. The van der Waals surface area contributed by atoms with Crippen molar-refractivity contribution >= 4 is 21.9 Å². The second-order valence-electron chi connectivity index (χ2n) is 5.68. The summed E-state index contributed by atoms with van der Waals surface area (Å²) in [5, 5.41) is 2.47. The molecule has 4 aromatic rings. The highest BCUT2D eigenvalue weighted by Gasteiger charge is 2.10. The highest BCUT2D eigenvalue weighted by molar-refractivity contribution is 6.06. The molecule has 4 rings (SSSR count). The first-order valence-electron chi connectivity index (χ1n) is 7.78. The molecule has 2 aromatic carbocycles. The zero-order valence-electron chi connectivity index (χ0n) is 12.6. The second-order valence-corrected chi connectivity index (χ2v) is 5.68. The summed E-state index contributed by atoms with van der Waals surface area (Å²) in [7, 11) is 0. The Morgan fingerprint density at radius 2 is 1.68 bits per heavy atom. The van der Waals surface area contributed by atoms with Crippen molar-refractivity contribution in [2.45, 2.75) is 19.8 Å². The van der Waals surface area contributed by atoms with E-state index in [2.05, 4.69) is 72.6 Å². The van der Waals surface area contributed by atoms with E-state index >= 15 is 0 Å². The summed E-state index contributed by atoms with van der Waals surface area (Å²) in [5.74, 6) is 0. The number of pyridine rings is 1. The number of nitrogens with zero attached hydrogens (tertiary/aromatic N) is 1. The Labute approximate surface area is 129 Å². The monoisotopic (exact) mass is 286 g/mol. The quantitative estimate of drug-likeness (QED) is 0.572. The van der Waals surface area contributed by atoms with Gasteiger partial charge in [-0.3, -0.25) is 0 Å². The van der Waals surface area contributed by atoms with E-state index in [4.69, 9.17) is 4.98 Å². The van der Waals surface area contributed by atoms with Gasteiger partial charge in [-0.25, -0.2) is 4.98 Å². The van der Waals surface area contributed by atoms with E-state index in [1.54, 1.807) is 0 Å². The predicted octanol–water partition coefficient (Wildman–Crippen LogP) is 4.87. The van der Waals surface area contributed by atoms with Crippen LogP contribution in [0.4, 0.5) is 0 Å². The van der Waals surface area contributed by atoms with Crippen LogP contribution in [0.25, 0.3) is 21.9 Å². The number of H-pyrrole nitrogens is 1. The molecule has 2 nitrogen and oxygen atoms in total. The van der Waals surface area contributed by atoms with Crippen LogP contribution in [0.5, 0.6) is 0 Å². The Bertz CT molecular complexity index is 936. The van der Waals surface area contributed by atoms with Crippen LogP contribution in [-0.2, 0) is 12.8 Å². The maximum atomic E-state index is 4.87. The topological polar surface area (TPSA) is 28.7 Å². The lowest BCUT2D eigenvalue weighted by molar-refractivity contribution is 0.993. The third-order valence-electron chi connectivity index (χ3n) is 4.23. The number of para-hydroxylation sites is 1. The van der Waals surface area contributed by atoms with Gasteiger partial charge in [0, 0.05) is 22.0 Å². The maximum absolute atomic E-state index is 4.87. The third kappa shape index (κ3) is 2.17. The summed E-state index contributed by atoms with van der Waals surface area (Å²) in [5.41, 5.74) is 5.99. The standard InChI is InChI=1S/C20H18N2/c1-2-18-15(12-14-8-4-3-5-9-14)13-17-16-10-6-7-11-19(16)22-20(17)21-18/h3-11,13H,2,12H2,1H3,(H,21,22). The van der Waals surface area contributed by atoms with Gasteiger partial charge in [0.25, 0.3) is 0 Å². The normalized spacial score (nSPS) is 11.3. The van der Waals surface area contributed by atoms with Crippen LogP contribution in [0.2, 0.25) is 0 Å². The largest absolute Gasteiger partial charge is 0.339 e. The minimum Gasteiger partial charge on any atom is -0.339 e. The molecular weight excluding hydrogens is 268 g/mol. The summed E-state index contributed by atoms with van der Waals surface area (Å²) in [6.07, 6.45) is 1.89. The number of benzene rings is 2. The molecule has 0 aliphatic rings. The molecule has 2 heterocycles. The van der Waals surface area contributed by atoms with Crippen LogP contribution in [0.15, 0.2) is 60.7 Å². The predicted molar refractivity (Wildman–Crippen MR) is 92.2 cm³/mol. The van der Waals surface area contributed by atoms with Crippen LogP contribution in [0, 0.1) is 0 Å². The SMILES string of the molecule is CCc1nc2[nH]c3ccccc3c2cc1Cc1ccccc1. The van der Waals surface area contributed by atoms with Crippen molar-refractivity contribution in [3.63, 3.8) is 0 Å². The Morgan fingerprint density at radius 1 is 0.909 bits per heavy atom. The van der Waals surface area contributed by atoms with Crippen molar-refractivity contribution in [1.29, 1.82) is 0 Å². The van der Waals surface area contributed by atoms with Crippen LogP contribution in [-0.4, -0.2) is 9.97 Å². The highest BCUT2D eigenvalue weighted by Crippen LogP contribution is 2.27. The van der Waals surface area contributed by atoms with E-state index in [1.807, 2.05) is 0 Å². The summed E-state index contributed by atoms with van der Waals surface area (Å²) in [4.78, 5) is 8.30. The van der Waals surface area contributed by atoms with Crippen molar-refractivity contribution in [3.8, 4) is 0 Å². The molecule has 0 atom stereocenters. The van der Waals surface area contributed by atoms with E-state index in [0.29, 0.717) is 0 Å². The fourth-order valence-electron chi connectivity index (χ4n) is 3.12. The van der Waals surface area contributed by atoms with Gasteiger partial charge in [0.05, 0.1) is 0 Å². The van der Waals surface area contributed by atoms with Gasteiger partial charge in [0.15, 0.2) is 0 Å². The Morgan fingerprint density at radius 3 is 2.50 bits per heavy atom. The second kappa shape index (κ2) is 5.30. The third-order valence-corrected chi connectivity index (χ3v) is 4.23. The van der Waals surface area contributed by atoms with Crippen molar-refractivity contribution in [1.82, 2.24) is 9.97 Å².